The van der Waals surface area contributed by atoms with Gasteiger partial charge in [0, 0.05) is 24.7 Å². The van der Waals surface area contributed by atoms with Gasteiger partial charge in [0.05, 0.1) is 6.04 Å². The van der Waals surface area contributed by atoms with Gasteiger partial charge in [-0.05, 0) is 41.7 Å². The maximum atomic E-state index is 12.4. The van der Waals surface area contributed by atoms with Crippen LogP contribution >= 0.6 is 0 Å². The molecule has 1 fully saturated rings. The number of nitrogens with one attached hydrogen (secondary N) is 1. The van der Waals surface area contributed by atoms with Crippen molar-refractivity contribution in [2.24, 2.45) is 5.92 Å². The lowest BCUT2D eigenvalue weighted by molar-refractivity contribution is -0.118. The Morgan fingerprint density at radius 2 is 1.78 bits per heavy atom. The Bertz CT molecular complexity index is 810. The third-order valence-electron chi connectivity index (χ3n) is 4.83. The molecular weight excluding hydrogens is 336 g/mol. The van der Waals surface area contributed by atoms with E-state index in [4.69, 9.17) is 0 Å². The van der Waals surface area contributed by atoms with Crippen LogP contribution in [0.3, 0.4) is 0 Å². The zero-order valence-electron chi connectivity index (χ0n) is 15.9. The van der Waals surface area contributed by atoms with Crippen LogP contribution in [0.15, 0.2) is 60.7 Å². The van der Waals surface area contributed by atoms with Crippen LogP contribution in [0.1, 0.15) is 43.9 Å². The van der Waals surface area contributed by atoms with Gasteiger partial charge in [0.25, 0.3) is 0 Å². The SMILES string of the molecule is CC(C)C(NC(=O)/C=C/c1ccc(N2CCCC2=O)cc1)c1ccccc1. The van der Waals surface area contributed by atoms with Crippen LogP contribution in [0.25, 0.3) is 6.08 Å². The van der Waals surface area contributed by atoms with Crippen molar-refractivity contribution in [2.75, 3.05) is 11.4 Å². The fourth-order valence-electron chi connectivity index (χ4n) is 3.36. The second-order valence-corrected chi connectivity index (χ2v) is 7.21. The molecule has 1 aliphatic rings. The summed E-state index contributed by atoms with van der Waals surface area (Å²) < 4.78 is 0. The molecule has 1 aliphatic heterocycles. The molecule has 2 aromatic carbocycles. The third-order valence-corrected chi connectivity index (χ3v) is 4.83. The minimum Gasteiger partial charge on any atom is -0.345 e. The van der Waals surface area contributed by atoms with Crippen LogP contribution in [0.5, 0.6) is 0 Å². The van der Waals surface area contributed by atoms with Crippen molar-refractivity contribution in [3.63, 3.8) is 0 Å². The second-order valence-electron chi connectivity index (χ2n) is 7.21. The molecule has 1 heterocycles. The first-order valence-corrected chi connectivity index (χ1v) is 9.48. The highest BCUT2D eigenvalue weighted by atomic mass is 16.2. The maximum absolute atomic E-state index is 12.4. The smallest absolute Gasteiger partial charge is 0.244 e. The van der Waals surface area contributed by atoms with E-state index in [2.05, 4.69) is 19.2 Å². The molecule has 2 aromatic rings. The number of hydrogen-bond donors (Lipinski definition) is 1. The number of hydrogen-bond acceptors (Lipinski definition) is 2. The summed E-state index contributed by atoms with van der Waals surface area (Å²) in [5, 5.41) is 3.09. The molecular formula is C23H26N2O2. The zero-order chi connectivity index (χ0) is 19.2. The van der Waals surface area contributed by atoms with E-state index in [0.29, 0.717) is 12.3 Å². The fourth-order valence-corrected chi connectivity index (χ4v) is 3.36. The molecule has 4 heteroatoms. The Morgan fingerprint density at radius 3 is 2.37 bits per heavy atom. The highest BCUT2D eigenvalue weighted by Gasteiger charge is 2.21. The third kappa shape index (κ3) is 4.85. The number of amides is 2. The molecule has 0 aromatic heterocycles. The van der Waals surface area contributed by atoms with Crippen LogP contribution in [-0.4, -0.2) is 18.4 Å². The number of benzene rings is 2. The van der Waals surface area contributed by atoms with Crippen molar-refractivity contribution in [3.05, 3.63) is 71.8 Å². The predicted octanol–water partition coefficient (Wildman–Crippen LogP) is 4.34. The van der Waals surface area contributed by atoms with Crippen molar-refractivity contribution in [2.45, 2.75) is 32.7 Å². The second kappa shape index (κ2) is 8.67. The summed E-state index contributed by atoms with van der Waals surface area (Å²) in [4.78, 5) is 26.0. The summed E-state index contributed by atoms with van der Waals surface area (Å²) in [5.74, 6) is 0.358. The first-order valence-electron chi connectivity index (χ1n) is 9.48. The van der Waals surface area contributed by atoms with Gasteiger partial charge in [0.15, 0.2) is 0 Å². The Morgan fingerprint density at radius 1 is 1.07 bits per heavy atom. The van der Waals surface area contributed by atoms with Crippen LogP contribution in [0, 0.1) is 5.92 Å². The lowest BCUT2D eigenvalue weighted by Gasteiger charge is -2.22. The summed E-state index contributed by atoms with van der Waals surface area (Å²) >= 11 is 0. The number of carbonyl (C=O) groups is 2. The molecule has 4 nitrogen and oxygen atoms in total. The van der Waals surface area contributed by atoms with E-state index in [-0.39, 0.29) is 17.9 Å². The molecule has 2 amide bonds. The van der Waals surface area contributed by atoms with E-state index in [1.165, 1.54) is 0 Å². The molecule has 0 aliphatic carbocycles. The summed E-state index contributed by atoms with van der Waals surface area (Å²) in [7, 11) is 0. The Labute approximate surface area is 160 Å². The number of carbonyl (C=O) groups excluding carboxylic acids is 2. The quantitative estimate of drug-likeness (QED) is 0.777. The molecule has 140 valence electrons. The van der Waals surface area contributed by atoms with Crippen molar-refractivity contribution in [1.29, 1.82) is 0 Å². The Balaban J connectivity index is 1.63. The van der Waals surface area contributed by atoms with Gasteiger partial charge in [0.1, 0.15) is 0 Å². The van der Waals surface area contributed by atoms with Gasteiger partial charge in [0.2, 0.25) is 11.8 Å². The van der Waals surface area contributed by atoms with Gasteiger partial charge in [-0.15, -0.1) is 0 Å². The molecule has 3 rings (SSSR count). The average Bonchev–Trinajstić information content (AvgIpc) is 3.11. The molecule has 1 atom stereocenters. The standard InChI is InChI=1S/C23H26N2O2/c1-17(2)23(19-7-4-3-5-8-19)24-21(26)15-12-18-10-13-20(14-11-18)25-16-6-9-22(25)27/h3-5,7-8,10-15,17,23H,6,9,16H2,1-2H3,(H,24,26)/b15-12+. The van der Waals surface area contributed by atoms with Gasteiger partial charge in [-0.3, -0.25) is 9.59 Å². The van der Waals surface area contributed by atoms with Gasteiger partial charge in [-0.25, -0.2) is 0 Å². The van der Waals surface area contributed by atoms with Crippen molar-refractivity contribution >= 4 is 23.6 Å². The van der Waals surface area contributed by atoms with Gasteiger partial charge < -0.3 is 10.2 Å². The topological polar surface area (TPSA) is 49.4 Å². The van der Waals surface area contributed by atoms with Crippen molar-refractivity contribution < 1.29 is 9.59 Å². The molecule has 1 saturated heterocycles. The monoisotopic (exact) mass is 362 g/mol. The van der Waals surface area contributed by atoms with Crippen LogP contribution in [-0.2, 0) is 9.59 Å². The lowest BCUT2D eigenvalue weighted by Crippen LogP contribution is -2.30. The average molecular weight is 362 g/mol. The minimum atomic E-state index is -0.114. The summed E-state index contributed by atoms with van der Waals surface area (Å²) in [5.41, 5.74) is 2.96. The first kappa shape index (κ1) is 18.9. The first-order chi connectivity index (χ1) is 13.0. The maximum Gasteiger partial charge on any atom is 0.244 e. The highest BCUT2D eigenvalue weighted by Crippen LogP contribution is 2.23. The normalized spacial score (nSPS) is 15.5. The molecule has 1 N–H and O–H groups in total. The van der Waals surface area contributed by atoms with E-state index in [0.717, 1.165) is 29.8 Å². The Kier molecular flexibility index (Phi) is 6.07. The molecule has 0 bridgehead atoms. The molecule has 0 spiro atoms. The largest absolute Gasteiger partial charge is 0.345 e. The number of anilines is 1. The van der Waals surface area contributed by atoms with Crippen LogP contribution < -0.4 is 10.2 Å². The number of nitrogens with zero attached hydrogens (tertiary/aromatic N) is 1. The summed E-state index contributed by atoms with van der Waals surface area (Å²) in [6.07, 6.45) is 4.90. The molecule has 0 saturated carbocycles. The predicted molar refractivity (Wildman–Crippen MR) is 109 cm³/mol. The number of rotatable bonds is 6. The minimum absolute atomic E-state index is 0.0214. The van der Waals surface area contributed by atoms with Crippen molar-refractivity contribution in [1.82, 2.24) is 5.32 Å². The Hall–Kier alpha value is -2.88. The summed E-state index contributed by atoms with van der Waals surface area (Å²) in [6.45, 7) is 4.98. The van der Waals surface area contributed by atoms with Gasteiger partial charge in [-0.2, -0.15) is 0 Å². The molecule has 0 radical (unpaired) electrons. The highest BCUT2D eigenvalue weighted by molar-refractivity contribution is 5.95. The fraction of sp³-hybridized carbons (Fsp3) is 0.304. The van der Waals surface area contributed by atoms with Crippen molar-refractivity contribution in [3.8, 4) is 0 Å². The zero-order valence-corrected chi connectivity index (χ0v) is 15.9. The van der Waals surface area contributed by atoms with Crippen LogP contribution in [0.2, 0.25) is 0 Å². The molecule has 27 heavy (non-hydrogen) atoms. The lowest BCUT2D eigenvalue weighted by atomic mass is 9.96. The summed E-state index contributed by atoms with van der Waals surface area (Å²) in [6, 6.07) is 17.7. The van der Waals surface area contributed by atoms with E-state index in [1.54, 1.807) is 12.2 Å². The van der Waals surface area contributed by atoms with E-state index < -0.39 is 0 Å². The van der Waals surface area contributed by atoms with Crippen LogP contribution in [0.4, 0.5) is 5.69 Å². The molecule has 1 unspecified atom stereocenters. The van der Waals surface area contributed by atoms with E-state index >= 15 is 0 Å². The van der Waals surface area contributed by atoms with E-state index in [1.807, 2.05) is 59.5 Å². The van der Waals surface area contributed by atoms with E-state index in [9.17, 15) is 9.59 Å². The van der Waals surface area contributed by atoms with Gasteiger partial charge in [-0.1, -0.05) is 56.3 Å². The van der Waals surface area contributed by atoms with Gasteiger partial charge >= 0.3 is 0 Å².